The summed E-state index contributed by atoms with van der Waals surface area (Å²) in [6.45, 7) is -0.327. The van der Waals surface area contributed by atoms with Gasteiger partial charge in [0.1, 0.15) is 0 Å². The molecule has 25 heavy (non-hydrogen) atoms. The number of hydrogen-bond acceptors (Lipinski definition) is 6. The van der Waals surface area contributed by atoms with Crippen LogP contribution in [0.15, 0.2) is 45.1 Å². The van der Waals surface area contributed by atoms with E-state index in [1.807, 2.05) is 24.3 Å². The predicted octanol–water partition coefficient (Wildman–Crippen LogP) is 3.87. The number of halogens is 1. The molecule has 2 aliphatic rings. The fraction of sp³-hybridized carbons (Fsp3) is 0.235. The number of nitrogens with zero attached hydrogens (tertiary/aromatic N) is 1. The molecule has 3 heterocycles. The van der Waals surface area contributed by atoms with Gasteiger partial charge in [0.2, 0.25) is 11.7 Å². The van der Waals surface area contributed by atoms with Gasteiger partial charge < -0.3 is 4.74 Å². The Labute approximate surface area is 160 Å². The van der Waals surface area contributed by atoms with Crippen LogP contribution in [0, 0.1) is 0 Å². The molecule has 0 radical (unpaired) electrons. The summed E-state index contributed by atoms with van der Waals surface area (Å²) in [6.07, 6.45) is 0.672. The second kappa shape index (κ2) is 6.26. The van der Waals surface area contributed by atoms with E-state index in [-0.39, 0.29) is 18.3 Å². The molecule has 128 valence electrons. The summed E-state index contributed by atoms with van der Waals surface area (Å²) in [5.74, 6) is -0.886. The summed E-state index contributed by atoms with van der Waals surface area (Å²) in [6, 6.07) is 10.9. The number of fused-ring (bicyclic) bond motifs is 3. The minimum absolute atomic E-state index is 0.0945. The highest BCUT2D eigenvalue weighted by Gasteiger charge is 2.58. The zero-order valence-electron chi connectivity index (χ0n) is 12.9. The minimum Gasteiger partial charge on any atom is -0.455 e. The Bertz CT molecular complexity index is 896. The highest BCUT2D eigenvalue weighted by molar-refractivity contribution is 9.11. The molecule has 4 rings (SSSR count). The van der Waals surface area contributed by atoms with Crippen molar-refractivity contribution in [3.05, 3.63) is 45.1 Å². The van der Waals surface area contributed by atoms with Gasteiger partial charge in [-0.25, -0.2) is 4.79 Å². The topological polar surface area (TPSA) is 63.7 Å². The van der Waals surface area contributed by atoms with Gasteiger partial charge in [0, 0.05) is 17.7 Å². The van der Waals surface area contributed by atoms with Crippen LogP contribution in [0.3, 0.4) is 0 Å². The van der Waals surface area contributed by atoms with Gasteiger partial charge in [-0.05, 0) is 40.2 Å². The van der Waals surface area contributed by atoms with Crippen LogP contribution < -0.4 is 4.90 Å². The second-order valence-corrected chi connectivity index (χ2v) is 9.47. The molecule has 8 heteroatoms. The number of para-hydroxylation sites is 1. The Morgan fingerprint density at radius 3 is 2.80 bits per heavy atom. The molecule has 1 saturated heterocycles. The largest absolute Gasteiger partial charge is 0.455 e. The van der Waals surface area contributed by atoms with E-state index in [4.69, 9.17) is 4.74 Å². The van der Waals surface area contributed by atoms with Crippen molar-refractivity contribution in [1.82, 2.24) is 0 Å². The van der Waals surface area contributed by atoms with Crippen molar-refractivity contribution in [3.63, 3.8) is 0 Å². The van der Waals surface area contributed by atoms with Crippen molar-refractivity contribution in [2.24, 2.45) is 0 Å². The van der Waals surface area contributed by atoms with Crippen molar-refractivity contribution in [1.29, 1.82) is 0 Å². The molecule has 0 saturated carbocycles. The molecule has 1 fully saturated rings. The molecule has 1 aromatic carbocycles. The van der Waals surface area contributed by atoms with Crippen molar-refractivity contribution >= 4 is 62.4 Å². The summed E-state index contributed by atoms with van der Waals surface area (Å²) in [5, 5.41) is 0. The molecule has 0 aliphatic carbocycles. The maximum atomic E-state index is 12.8. The van der Waals surface area contributed by atoms with E-state index in [2.05, 4.69) is 15.9 Å². The molecule has 0 spiro atoms. The fourth-order valence-corrected chi connectivity index (χ4v) is 5.77. The lowest BCUT2D eigenvalue weighted by Crippen LogP contribution is -2.48. The van der Waals surface area contributed by atoms with E-state index in [0.29, 0.717) is 17.7 Å². The second-order valence-electron chi connectivity index (χ2n) is 5.69. The van der Waals surface area contributed by atoms with Crippen LogP contribution in [0.5, 0.6) is 0 Å². The smallest absolute Gasteiger partial charge is 0.343 e. The maximum Gasteiger partial charge on any atom is 0.343 e. The Morgan fingerprint density at radius 1 is 1.24 bits per heavy atom. The van der Waals surface area contributed by atoms with Crippen LogP contribution in [0.4, 0.5) is 5.69 Å². The summed E-state index contributed by atoms with van der Waals surface area (Å²) >= 11 is 5.93. The van der Waals surface area contributed by atoms with Gasteiger partial charge in [-0.2, -0.15) is 0 Å². The van der Waals surface area contributed by atoms with Crippen molar-refractivity contribution < 1.29 is 19.1 Å². The van der Waals surface area contributed by atoms with Gasteiger partial charge in [-0.15, -0.1) is 11.3 Å². The van der Waals surface area contributed by atoms with E-state index < -0.39 is 10.8 Å². The van der Waals surface area contributed by atoms with Gasteiger partial charge in [0.15, 0.2) is 11.5 Å². The van der Waals surface area contributed by atoms with Crippen LogP contribution in [0.2, 0.25) is 0 Å². The van der Waals surface area contributed by atoms with Crippen LogP contribution in [0.1, 0.15) is 22.5 Å². The van der Waals surface area contributed by atoms with E-state index in [9.17, 15) is 14.4 Å². The molecule has 5 nitrogen and oxygen atoms in total. The highest BCUT2D eigenvalue weighted by atomic mass is 79.9. The van der Waals surface area contributed by atoms with Gasteiger partial charge in [-0.1, -0.05) is 23.9 Å². The first-order valence-electron chi connectivity index (χ1n) is 7.58. The maximum absolute atomic E-state index is 12.8. The van der Waals surface area contributed by atoms with Crippen molar-refractivity contribution in [2.75, 3.05) is 11.5 Å². The van der Waals surface area contributed by atoms with Crippen LogP contribution in [-0.2, 0) is 14.3 Å². The fourth-order valence-electron chi connectivity index (χ4n) is 3.05. The lowest BCUT2D eigenvalue weighted by molar-refractivity contribution is -0.145. The summed E-state index contributed by atoms with van der Waals surface area (Å²) in [5.41, 5.74) is 0.737. The number of thiophene rings is 1. The van der Waals surface area contributed by atoms with Crippen molar-refractivity contribution in [2.45, 2.75) is 22.6 Å². The summed E-state index contributed by atoms with van der Waals surface area (Å²) in [4.78, 5) is 39.2. The van der Waals surface area contributed by atoms with E-state index in [0.717, 1.165) is 14.4 Å². The number of ketones is 1. The number of amides is 1. The number of rotatable bonds is 4. The average Bonchev–Trinajstić information content (AvgIpc) is 3.27. The first-order valence-corrected chi connectivity index (χ1v) is 10.0. The Balaban J connectivity index is 1.54. The molecular weight excluding hydrogens is 426 g/mol. The SMILES string of the molecule is O=C(COC(=O)C12CCC(=O)N1c1ccccc1S2)c1ccc(Br)s1. The van der Waals surface area contributed by atoms with Gasteiger partial charge >= 0.3 is 5.97 Å². The Hall–Kier alpha value is -1.64. The van der Waals surface area contributed by atoms with Gasteiger partial charge in [-0.3, -0.25) is 14.5 Å². The van der Waals surface area contributed by atoms with E-state index in [1.165, 1.54) is 28.0 Å². The predicted molar refractivity (Wildman–Crippen MR) is 99.1 cm³/mol. The Morgan fingerprint density at radius 2 is 2.04 bits per heavy atom. The number of benzene rings is 1. The normalized spacial score (nSPS) is 21.2. The number of carbonyl (C=O) groups excluding carboxylic acids is 3. The summed E-state index contributed by atoms with van der Waals surface area (Å²) < 4.78 is 6.17. The molecule has 0 bridgehead atoms. The molecule has 1 atom stereocenters. The monoisotopic (exact) mass is 437 g/mol. The van der Waals surface area contributed by atoms with Gasteiger partial charge in [0.25, 0.3) is 0 Å². The third-order valence-corrected chi connectivity index (χ3v) is 7.30. The molecule has 0 N–H and O–H groups in total. The number of Topliss-reactive ketones (excluding diaryl/α,β-unsaturated/α-hetero) is 1. The van der Waals surface area contributed by atoms with Crippen LogP contribution >= 0.6 is 39.0 Å². The van der Waals surface area contributed by atoms with Gasteiger partial charge in [0.05, 0.1) is 14.4 Å². The number of carbonyl (C=O) groups is 3. The minimum atomic E-state index is -1.09. The zero-order valence-corrected chi connectivity index (χ0v) is 16.1. The molecule has 1 amide bonds. The lowest BCUT2D eigenvalue weighted by Gasteiger charge is -2.28. The zero-order chi connectivity index (χ0) is 17.6. The highest BCUT2D eigenvalue weighted by Crippen LogP contribution is 2.56. The number of anilines is 1. The number of ether oxygens (including phenoxy) is 1. The molecule has 2 aliphatic heterocycles. The standard InChI is InChI=1S/C17H12BrNO4S2/c18-14-6-5-13(24-14)11(20)9-23-16(22)17-8-7-15(21)19(17)10-3-1-2-4-12(10)25-17/h1-6H,7-9H2. The van der Waals surface area contributed by atoms with Crippen molar-refractivity contribution in [3.8, 4) is 0 Å². The number of esters is 1. The number of hydrogen-bond donors (Lipinski definition) is 0. The van der Waals surface area contributed by atoms with Crippen LogP contribution in [0.25, 0.3) is 0 Å². The van der Waals surface area contributed by atoms with E-state index >= 15 is 0 Å². The van der Waals surface area contributed by atoms with E-state index in [1.54, 1.807) is 12.1 Å². The Kier molecular flexibility index (Phi) is 4.21. The first-order chi connectivity index (χ1) is 12.0. The third-order valence-electron chi connectivity index (χ3n) is 4.17. The molecule has 1 aromatic heterocycles. The third kappa shape index (κ3) is 2.72. The summed E-state index contributed by atoms with van der Waals surface area (Å²) in [7, 11) is 0. The number of thioether (sulfide) groups is 1. The molecular formula is C17H12BrNO4S2. The lowest BCUT2D eigenvalue weighted by atomic mass is 10.2. The van der Waals surface area contributed by atoms with Crippen LogP contribution in [-0.4, -0.2) is 29.1 Å². The molecule has 1 unspecified atom stereocenters. The average molecular weight is 438 g/mol. The molecule has 2 aromatic rings. The first kappa shape index (κ1) is 16.8. The quantitative estimate of drug-likeness (QED) is 0.536.